The summed E-state index contributed by atoms with van der Waals surface area (Å²) in [5.41, 5.74) is 6.98. The van der Waals surface area contributed by atoms with Crippen LogP contribution in [-0.2, 0) is 25.9 Å². The Morgan fingerprint density at radius 2 is 1.11 bits per heavy atom. The fourth-order valence-electron chi connectivity index (χ4n) is 4.38. The zero-order valence-corrected chi connectivity index (χ0v) is 19.6. The Bertz CT molecular complexity index is 897. The molecule has 3 aromatic carbocycles. The van der Waals surface area contributed by atoms with Crippen LogP contribution in [0, 0.1) is 0 Å². The van der Waals surface area contributed by atoms with Crippen LogP contribution in [-0.4, -0.2) is 0 Å². The van der Waals surface area contributed by atoms with Gasteiger partial charge in [0, 0.05) is 0 Å². The van der Waals surface area contributed by atoms with Gasteiger partial charge in [-0.05, 0) is 0 Å². The van der Waals surface area contributed by atoms with Crippen molar-refractivity contribution in [1.82, 2.24) is 0 Å². The Balaban J connectivity index is 0.00000131. The van der Waals surface area contributed by atoms with E-state index in [0.29, 0.717) is 5.92 Å². The van der Waals surface area contributed by atoms with E-state index in [0.717, 1.165) is 0 Å². The summed E-state index contributed by atoms with van der Waals surface area (Å²) in [7, 11) is 0. The first-order valence-corrected chi connectivity index (χ1v) is 9.55. The van der Waals surface area contributed by atoms with Gasteiger partial charge in [-0.25, -0.2) is 0 Å². The van der Waals surface area contributed by atoms with Gasteiger partial charge in [-0.2, -0.15) is 0 Å². The van der Waals surface area contributed by atoms with Gasteiger partial charge in [0.1, 0.15) is 0 Å². The van der Waals surface area contributed by atoms with Gasteiger partial charge in [-0.3, -0.25) is 0 Å². The number of benzene rings is 3. The first kappa shape index (κ1) is 25.0. The Labute approximate surface area is 198 Å². The second-order valence-corrected chi connectivity index (χ2v) is 7.79. The predicted molar refractivity (Wildman–Crippen MR) is 101 cm³/mol. The summed E-state index contributed by atoms with van der Waals surface area (Å²) in [5, 5.41) is 0. The number of halogens is 3. The first-order valence-electron chi connectivity index (χ1n) is 8.76. The van der Waals surface area contributed by atoms with Gasteiger partial charge in [0.15, 0.2) is 0 Å². The molecular formula is C24H21Cl3Ti. The molecule has 0 bridgehead atoms. The average Bonchev–Trinajstić information content (AvgIpc) is 2.94. The molecule has 0 aromatic heterocycles. The topological polar surface area (TPSA) is 0 Å². The van der Waals surface area contributed by atoms with Crippen molar-refractivity contribution in [3.63, 3.8) is 0 Å². The van der Waals surface area contributed by atoms with E-state index < -0.39 is 0 Å². The largest absolute Gasteiger partial charge is 1.00 e. The van der Waals surface area contributed by atoms with E-state index in [1.807, 2.05) is 0 Å². The van der Waals surface area contributed by atoms with Gasteiger partial charge >= 0.3 is 162 Å². The fourth-order valence-corrected chi connectivity index (χ4v) is 4.96. The van der Waals surface area contributed by atoms with Crippen molar-refractivity contribution in [1.29, 1.82) is 0 Å². The van der Waals surface area contributed by atoms with Gasteiger partial charge in [0.05, 0.1) is 0 Å². The summed E-state index contributed by atoms with van der Waals surface area (Å²) in [6, 6.07) is 30.8. The average molecular weight is 464 g/mol. The minimum Gasteiger partial charge on any atom is -1.00 e. The third-order valence-electron chi connectivity index (χ3n) is 5.69. The molecule has 0 saturated heterocycles. The van der Waals surface area contributed by atoms with E-state index in [4.69, 9.17) is 0 Å². The number of rotatable bonds is 3. The molecule has 4 rings (SSSR count). The molecule has 0 saturated carbocycles. The van der Waals surface area contributed by atoms with Gasteiger partial charge in [0.2, 0.25) is 0 Å². The number of allylic oxidation sites excluding steroid dienone is 1. The van der Waals surface area contributed by atoms with Crippen molar-refractivity contribution in [3.05, 3.63) is 113 Å². The fraction of sp³-hybridized carbons (Fsp3) is 0.167. The molecular weight excluding hydrogens is 442 g/mol. The molecule has 0 N–H and O–H groups in total. The van der Waals surface area contributed by atoms with Crippen molar-refractivity contribution in [2.75, 3.05) is 0 Å². The molecule has 0 fully saturated rings. The van der Waals surface area contributed by atoms with Crippen LogP contribution in [0.3, 0.4) is 0 Å². The minimum atomic E-state index is -0.0968. The number of fused-ring (bicyclic) bond motifs is 1. The molecule has 4 heteroatoms. The maximum absolute atomic E-state index is 2.40. The van der Waals surface area contributed by atoms with Crippen LogP contribution in [0.15, 0.2) is 90.5 Å². The van der Waals surface area contributed by atoms with Crippen molar-refractivity contribution in [2.24, 2.45) is 0 Å². The summed E-state index contributed by atoms with van der Waals surface area (Å²) in [5.74, 6) is 0.355. The third kappa shape index (κ3) is 3.99. The molecule has 0 radical (unpaired) electrons. The Hall–Kier alpha value is -1.02. The summed E-state index contributed by atoms with van der Waals surface area (Å²) in [6.07, 6.45) is 0. The van der Waals surface area contributed by atoms with E-state index in [1.54, 1.807) is 0 Å². The second kappa shape index (κ2) is 10.1. The Kier molecular flexibility index (Phi) is 9.07. The normalized spacial score (nSPS) is 15.1. The van der Waals surface area contributed by atoms with E-state index in [2.05, 4.69) is 119 Å². The van der Waals surface area contributed by atoms with E-state index in [1.165, 1.54) is 31.7 Å². The van der Waals surface area contributed by atoms with Crippen molar-refractivity contribution >= 4 is 3.88 Å². The van der Waals surface area contributed by atoms with Crippen LogP contribution in [0.2, 0.25) is 0 Å². The monoisotopic (exact) mass is 462 g/mol. The Morgan fingerprint density at radius 3 is 1.61 bits per heavy atom. The minimum absolute atomic E-state index is 0. The zero-order valence-electron chi connectivity index (χ0n) is 15.8. The summed E-state index contributed by atoms with van der Waals surface area (Å²) < 4.78 is 1.43. The number of hydrogen-bond donors (Lipinski definition) is 0. The molecule has 142 valence electrons. The van der Waals surface area contributed by atoms with Crippen LogP contribution in [0.5, 0.6) is 0 Å². The molecule has 0 heterocycles. The van der Waals surface area contributed by atoms with Crippen LogP contribution in [0.25, 0.3) is 3.88 Å². The van der Waals surface area contributed by atoms with E-state index >= 15 is 0 Å². The molecule has 0 amide bonds. The predicted octanol–water partition coefficient (Wildman–Crippen LogP) is -2.92. The summed E-state index contributed by atoms with van der Waals surface area (Å²) in [6.45, 7) is 4.71. The van der Waals surface area contributed by atoms with E-state index in [9.17, 15) is 0 Å². The molecule has 0 aliphatic heterocycles. The molecule has 0 spiro atoms. The quantitative estimate of drug-likeness (QED) is 0.365. The molecule has 1 aliphatic carbocycles. The second-order valence-electron chi connectivity index (χ2n) is 7.01. The molecule has 1 aliphatic rings. The maximum atomic E-state index is 2.40. The van der Waals surface area contributed by atoms with Crippen LogP contribution in [0.4, 0.5) is 0 Å². The van der Waals surface area contributed by atoms with Gasteiger partial charge in [-0.15, -0.1) is 0 Å². The molecule has 1 atom stereocenters. The van der Waals surface area contributed by atoms with Crippen molar-refractivity contribution < 1.29 is 57.7 Å². The zero-order chi connectivity index (χ0) is 17.4. The van der Waals surface area contributed by atoms with Gasteiger partial charge < -0.3 is 37.2 Å². The van der Waals surface area contributed by atoms with Crippen LogP contribution >= 0.6 is 0 Å². The summed E-state index contributed by atoms with van der Waals surface area (Å²) >= 11 is 2.27. The van der Waals surface area contributed by atoms with Crippen LogP contribution in [0.1, 0.15) is 42.0 Å². The first-order chi connectivity index (χ1) is 12.1. The number of hydrogen-bond acceptors (Lipinski definition) is 0. The standard InChI is InChI=1S/C24H21.3ClH.Ti/c1-18-17-19-11-9-10-16-22(19)23(18)24(2,20-12-5-3-6-13-20)21-14-7-4-8-15-21;;;;/h3-16,23H,1-2H3;3*1H;/q;;;;+3/p-3. The maximum Gasteiger partial charge on any atom is -1.00 e. The van der Waals surface area contributed by atoms with Crippen molar-refractivity contribution in [3.8, 4) is 0 Å². The van der Waals surface area contributed by atoms with Gasteiger partial charge in [-0.1, -0.05) is 0 Å². The molecule has 0 nitrogen and oxygen atoms in total. The van der Waals surface area contributed by atoms with E-state index in [-0.39, 0.29) is 42.6 Å². The van der Waals surface area contributed by atoms with Crippen molar-refractivity contribution in [2.45, 2.75) is 25.2 Å². The van der Waals surface area contributed by atoms with Gasteiger partial charge in [0.25, 0.3) is 0 Å². The third-order valence-corrected chi connectivity index (χ3v) is 6.73. The molecule has 3 aromatic rings. The SMILES string of the molecule is CC1=[C]([Ti+3])c2ccccc2C1C(C)(c1ccccc1)c1ccccc1.[Cl-].[Cl-].[Cl-]. The van der Waals surface area contributed by atoms with Crippen LogP contribution < -0.4 is 37.2 Å². The Morgan fingerprint density at radius 1 is 0.679 bits per heavy atom. The molecule has 1 unspecified atom stereocenters. The molecule has 28 heavy (non-hydrogen) atoms. The smallest absolute Gasteiger partial charge is 1.00 e. The summed E-state index contributed by atoms with van der Waals surface area (Å²) in [4.78, 5) is 0.